The van der Waals surface area contributed by atoms with Crippen molar-refractivity contribution < 1.29 is 24.4 Å². The number of rotatable bonds is 9. The number of carbonyl (C=O) groups is 2. The lowest BCUT2D eigenvalue weighted by Crippen LogP contribution is -2.29. The van der Waals surface area contributed by atoms with Crippen molar-refractivity contribution >= 4 is 23.1 Å². The van der Waals surface area contributed by atoms with Crippen molar-refractivity contribution in [2.24, 2.45) is 0 Å². The lowest BCUT2D eigenvalue weighted by Gasteiger charge is -2.25. The van der Waals surface area contributed by atoms with Gasteiger partial charge < -0.3 is 14.7 Å². The predicted octanol–water partition coefficient (Wildman–Crippen LogP) is 4.79. The number of carbonyl (C=O) groups excluding carboxylic acids is 2. The van der Waals surface area contributed by atoms with Crippen molar-refractivity contribution in [2.75, 3.05) is 6.61 Å². The lowest BCUT2D eigenvalue weighted by atomic mass is 9.95. The van der Waals surface area contributed by atoms with Crippen LogP contribution in [-0.4, -0.2) is 38.2 Å². The fourth-order valence-electron chi connectivity index (χ4n) is 4.08. The summed E-state index contributed by atoms with van der Waals surface area (Å²) in [6.45, 7) is 2.63. The monoisotopic (exact) mass is 487 g/mol. The highest BCUT2D eigenvalue weighted by atomic mass is 16.6. The summed E-state index contributed by atoms with van der Waals surface area (Å²) in [6, 6.07) is 14.8. The zero-order valence-electron chi connectivity index (χ0n) is 19.7. The summed E-state index contributed by atoms with van der Waals surface area (Å²) in [6.07, 6.45) is 5.02. The number of unbranched alkanes of at least 4 members (excludes halogenated alkanes) is 1. The number of hydrogen-bond acceptors (Lipinski definition) is 7. The summed E-state index contributed by atoms with van der Waals surface area (Å²) in [4.78, 5) is 42.4. The summed E-state index contributed by atoms with van der Waals surface area (Å²) in [5, 5.41) is 22.4. The number of aromatic nitrogens is 1. The summed E-state index contributed by atoms with van der Waals surface area (Å²) in [5.74, 6) is -1.42. The zero-order valence-corrected chi connectivity index (χ0v) is 19.7. The number of aliphatic hydroxyl groups excluding tert-OH is 1. The van der Waals surface area contributed by atoms with Gasteiger partial charge in [0.2, 0.25) is 0 Å². The van der Waals surface area contributed by atoms with E-state index in [2.05, 4.69) is 4.98 Å². The number of hydrogen-bond donors (Lipinski definition) is 1. The number of nitrogens with zero attached hydrogens (tertiary/aromatic N) is 3. The largest absolute Gasteiger partial charge is 0.507 e. The molecule has 2 aromatic carbocycles. The van der Waals surface area contributed by atoms with Crippen LogP contribution in [0.2, 0.25) is 0 Å². The number of aliphatic hydroxyl groups is 1. The molecular weight excluding hydrogens is 462 g/mol. The van der Waals surface area contributed by atoms with E-state index >= 15 is 0 Å². The molecule has 1 aliphatic heterocycles. The first-order chi connectivity index (χ1) is 17.4. The van der Waals surface area contributed by atoms with Crippen LogP contribution in [0.15, 0.2) is 78.6 Å². The number of pyridine rings is 1. The van der Waals surface area contributed by atoms with Crippen LogP contribution in [-0.2, 0) is 16.1 Å². The van der Waals surface area contributed by atoms with Gasteiger partial charge in [-0.1, -0.05) is 31.5 Å². The maximum Gasteiger partial charge on any atom is 0.295 e. The number of likely N-dealkylation sites (tertiary alicyclic amines) is 1. The molecule has 1 saturated heterocycles. The first-order valence-corrected chi connectivity index (χ1v) is 11.6. The van der Waals surface area contributed by atoms with Crippen LogP contribution in [0, 0.1) is 10.1 Å². The van der Waals surface area contributed by atoms with E-state index in [4.69, 9.17) is 4.74 Å². The Morgan fingerprint density at radius 1 is 1.14 bits per heavy atom. The maximum atomic E-state index is 13.2. The number of Topliss-reactive ketones (excluding diaryl/α,β-unsaturated/α-hetero) is 1. The highest BCUT2D eigenvalue weighted by Gasteiger charge is 2.46. The smallest absolute Gasteiger partial charge is 0.295 e. The first-order valence-electron chi connectivity index (χ1n) is 11.6. The molecule has 4 rings (SSSR count). The highest BCUT2D eigenvalue weighted by Crippen LogP contribution is 2.41. The third-order valence-corrected chi connectivity index (χ3v) is 5.91. The SMILES string of the molecule is CCCCOc1cccc(/C(O)=C2\C(=O)C(=O)N(Cc3cccnc3)C2c2ccc([N+](=O)[O-])cc2)c1. The molecule has 2 heterocycles. The number of ether oxygens (including phenoxy) is 1. The molecule has 0 spiro atoms. The van der Waals surface area contributed by atoms with Gasteiger partial charge in [-0.3, -0.25) is 24.7 Å². The van der Waals surface area contributed by atoms with Crippen LogP contribution in [0.4, 0.5) is 5.69 Å². The standard InChI is InChI=1S/C27H25N3O6/c1-2-3-14-36-22-8-4-7-20(15-22)25(31)23-24(19-9-11-21(12-10-19)30(34)35)29(27(33)26(23)32)17-18-6-5-13-28-16-18/h4-13,15-16,24,31H,2-3,14,17H2,1H3/b25-23+. The second-order valence-corrected chi connectivity index (χ2v) is 8.37. The molecule has 9 nitrogen and oxygen atoms in total. The molecule has 1 fully saturated rings. The van der Waals surface area contributed by atoms with Crippen molar-refractivity contribution in [2.45, 2.75) is 32.4 Å². The minimum Gasteiger partial charge on any atom is -0.507 e. The van der Waals surface area contributed by atoms with E-state index in [-0.39, 0.29) is 23.6 Å². The molecule has 184 valence electrons. The van der Waals surface area contributed by atoms with Crippen LogP contribution in [0.1, 0.15) is 42.5 Å². The number of ketones is 1. The summed E-state index contributed by atoms with van der Waals surface area (Å²) in [7, 11) is 0. The molecule has 1 atom stereocenters. The molecule has 0 aliphatic carbocycles. The minimum absolute atomic E-state index is 0.0665. The van der Waals surface area contributed by atoms with E-state index in [1.807, 2.05) is 6.92 Å². The number of nitro benzene ring substituents is 1. The van der Waals surface area contributed by atoms with Crippen LogP contribution < -0.4 is 4.74 Å². The van der Waals surface area contributed by atoms with Crippen molar-refractivity contribution in [3.8, 4) is 5.75 Å². The Bertz CT molecular complexity index is 1300. The van der Waals surface area contributed by atoms with Crippen LogP contribution in [0.3, 0.4) is 0 Å². The molecule has 0 bridgehead atoms. The lowest BCUT2D eigenvalue weighted by molar-refractivity contribution is -0.384. The maximum absolute atomic E-state index is 13.2. The topological polar surface area (TPSA) is 123 Å². The molecular formula is C27H25N3O6. The molecule has 0 saturated carbocycles. The normalized spacial score (nSPS) is 16.8. The molecule has 9 heteroatoms. The van der Waals surface area contributed by atoms with Crippen LogP contribution in [0.5, 0.6) is 5.75 Å². The zero-order chi connectivity index (χ0) is 25.7. The van der Waals surface area contributed by atoms with Gasteiger partial charge in [-0.25, -0.2) is 0 Å². The molecule has 36 heavy (non-hydrogen) atoms. The van der Waals surface area contributed by atoms with Gasteiger partial charge in [0.15, 0.2) is 0 Å². The summed E-state index contributed by atoms with van der Waals surface area (Å²) < 4.78 is 5.73. The molecule has 1 N–H and O–H groups in total. The van der Waals surface area contributed by atoms with E-state index < -0.39 is 22.7 Å². The fraction of sp³-hybridized carbons (Fsp3) is 0.222. The summed E-state index contributed by atoms with van der Waals surface area (Å²) in [5.41, 5.74) is 1.26. The van der Waals surface area contributed by atoms with Gasteiger partial charge in [0.05, 0.1) is 23.1 Å². The predicted molar refractivity (Wildman–Crippen MR) is 132 cm³/mol. The summed E-state index contributed by atoms with van der Waals surface area (Å²) >= 11 is 0. The van der Waals surface area contributed by atoms with Gasteiger partial charge in [-0.2, -0.15) is 0 Å². The Hall–Kier alpha value is -4.53. The van der Waals surface area contributed by atoms with Gasteiger partial charge in [0, 0.05) is 36.6 Å². The molecule has 3 aromatic rings. The average molecular weight is 488 g/mol. The van der Waals surface area contributed by atoms with Crippen molar-refractivity contribution in [1.82, 2.24) is 9.88 Å². The Labute approximate surface area is 207 Å². The number of non-ortho nitro benzene ring substituents is 1. The van der Waals surface area contributed by atoms with E-state index in [0.29, 0.717) is 29.0 Å². The third-order valence-electron chi connectivity index (χ3n) is 5.91. The van der Waals surface area contributed by atoms with Gasteiger partial charge in [0.25, 0.3) is 17.4 Å². The molecule has 1 aliphatic rings. The second kappa shape index (κ2) is 10.8. The third kappa shape index (κ3) is 5.10. The van der Waals surface area contributed by atoms with E-state index in [1.54, 1.807) is 48.8 Å². The minimum atomic E-state index is -0.948. The number of benzene rings is 2. The molecule has 1 amide bonds. The van der Waals surface area contributed by atoms with E-state index in [9.17, 15) is 24.8 Å². The fourth-order valence-corrected chi connectivity index (χ4v) is 4.08. The average Bonchev–Trinajstić information content (AvgIpc) is 3.14. The van der Waals surface area contributed by atoms with Gasteiger partial charge >= 0.3 is 0 Å². The van der Waals surface area contributed by atoms with Crippen molar-refractivity contribution in [3.05, 3.63) is 105 Å². The number of amides is 1. The van der Waals surface area contributed by atoms with E-state index in [0.717, 1.165) is 12.8 Å². The Kier molecular flexibility index (Phi) is 7.39. The Morgan fingerprint density at radius 3 is 2.58 bits per heavy atom. The van der Waals surface area contributed by atoms with Gasteiger partial charge in [-0.05, 0) is 47.9 Å². The Balaban J connectivity index is 1.79. The van der Waals surface area contributed by atoms with E-state index in [1.165, 1.54) is 29.2 Å². The first kappa shape index (κ1) is 24.6. The van der Waals surface area contributed by atoms with Crippen molar-refractivity contribution in [1.29, 1.82) is 0 Å². The molecule has 0 radical (unpaired) electrons. The quantitative estimate of drug-likeness (QED) is 0.115. The van der Waals surface area contributed by atoms with Crippen molar-refractivity contribution in [3.63, 3.8) is 0 Å². The van der Waals surface area contributed by atoms with Gasteiger partial charge in [-0.15, -0.1) is 0 Å². The molecule has 1 aromatic heterocycles. The Morgan fingerprint density at radius 2 is 1.92 bits per heavy atom. The van der Waals surface area contributed by atoms with Gasteiger partial charge in [0.1, 0.15) is 11.5 Å². The highest BCUT2D eigenvalue weighted by molar-refractivity contribution is 6.46. The van der Waals surface area contributed by atoms with Crippen LogP contribution in [0.25, 0.3) is 5.76 Å². The molecule has 1 unspecified atom stereocenters. The second-order valence-electron chi connectivity index (χ2n) is 8.37. The van der Waals surface area contributed by atoms with Crippen LogP contribution >= 0.6 is 0 Å². The number of nitro groups is 1.